The fourth-order valence-electron chi connectivity index (χ4n) is 2.75. The molecule has 21 heavy (non-hydrogen) atoms. The van der Waals surface area contributed by atoms with Crippen LogP contribution >= 0.6 is 0 Å². The maximum absolute atomic E-state index is 8.64. The molecule has 0 radical (unpaired) electrons. The van der Waals surface area contributed by atoms with Crippen molar-refractivity contribution < 1.29 is 18.9 Å². The summed E-state index contributed by atoms with van der Waals surface area (Å²) in [6, 6.07) is 9.43. The Morgan fingerprint density at radius 3 is 2.86 bits per heavy atom. The Labute approximate surface area is 122 Å². The molecular weight excluding hydrogens is 274 g/mol. The lowest BCUT2D eigenvalue weighted by Crippen LogP contribution is -2.32. The summed E-state index contributed by atoms with van der Waals surface area (Å²) in [5.74, 6) is 0. The van der Waals surface area contributed by atoms with E-state index in [0.717, 1.165) is 5.56 Å². The Kier molecular flexibility index (Phi) is 4.38. The molecule has 0 bridgehead atoms. The standard InChI is InChI=1S/C14H17N3O4/c1-18-14-11(16-17-15)13-12(21-14)10(8-20-13)19-7-9-5-3-2-4-6-9/h2-6,10-14H,7-8H2,1H3/t10-,11+,12-,13-,14-/m1/s1. The minimum Gasteiger partial charge on any atom is -0.372 e. The van der Waals surface area contributed by atoms with Gasteiger partial charge in [0.15, 0.2) is 6.29 Å². The van der Waals surface area contributed by atoms with Crippen LogP contribution in [0.25, 0.3) is 10.4 Å². The van der Waals surface area contributed by atoms with Crippen molar-refractivity contribution in [2.45, 2.75) is 37.3 Å². The summed E-state index contributed by atoms with van der Waals surface area (Å²) in [6.07, 6.45) is -1.36. The first-order valence-electron chi connectivity index (χ1n) is 6.83. The number of nitrogens with zero attached hydrogens (tertiary/aromatic N) is 3. The van der Waals surface area contributed by atoms with Crippen LogP contribution in [0.1, 0.15) is 5.56 Å². The van der Waals surface area contributed by atoms with Gasteiger partial charge in [0.25, 0.3) is 0 Å². The number of rotatable bonds is 5. The van der Waals surface area contributed by atoms with Gasteiger partial charge < -0.3 is 18.9 Å². The molecular formula is C14H17N3O4. The van der Waals surface area contributed by atoms with E-state index in [4.69, 9.17) is 24.5 Å². The molecule has 2 heterocycles. The van der Waals surface area contributed by atoms with Gasteiger partial charge in [-0.25, -0.2) is 0 Å². The van der Waals surface area contributed by atoms with E-state index in [0.29, 0.717) is 13.2 Å². The van der Waals surface area contributed by atoms with E-state index in [1.807, 2.05) is 30.3 Å². The largest absolute Gasteiger partial charge is 0.372 e. The highest BCUT2D eigenvalue weighted by molar-refractivity contribution is 5.13. The molecule has 0 unspecified atom stereocenters. The number of benzene rings is 1. The number of hydrogen-bond acceptors (Lipinski definition) is 5. The van der Waals surface area contributed by atoms with Gasteiger partial charge in [0.05, 0.1) is 19.3 Å². The molecule has 0 aliphatic carbocycles. The van der Waals surface area contributed by atoms with Crippen LogP contribution in [-0.4, -0.2) is 44.4 Å². The molecule has 2 saturated heterocycles. The van der Waals surface area contributed by atoms with E-state index >= 15 is 0 Å². The molecule has 0 amide bonds. The molecule has 2 fully saturated rings. The van der Waals surface area contributed by atoms with Crippen LogP contribution in [-0.2, 0) is 25.6 Å². The number of hydrogen-bond donors (Lipinski definition) is 0. The Balaban J connectivity index is 1.63. The SMILES string of the molecule is CO[C@@H]1O[C@H]2[C@H](OC[C@H]2OCc2ccccc2)[C@@H]1N=[N+]=[N-]. The molecule has 7 nitrogen and oxygen atoms in total. The predicted molar refractivity (Wildman–Crippen MR) is 73.4 cm³/mol. The zero-order chi connectivity index (χ0) is 14.7. The fraction of sp³-hybridized carbons (Fsp3) is 0.571. The van der Waals surface area contributed by atoms with Crippen molar-refractivity contribution in [3.8, 4) is 0 Å². The summed E-state index contributed by atoms with van der Waals surface area (Å²) in [5, 5.41) is 3.72. The summed E-state index contributed by atoms with van der Waals surface area (Å²) in [6.45, 7) is 0.918. The average Bonchev–Trinajstić information content (AvgIpc) is 3.07. The quantitative estimate of drug-likeness (QED) is 0.472. The van der Waals surface area contributed by atoms with Crippen LogP contribution in [0.5, 0.6) is 0 Å². The molecule has 1 aromatic rings. The maximum atomic E-state index is 8.64. The van der Waals surface area contributed by atoms with Gasteiger partial charge in [-0.05, 0) is 11.1 Å². The summed E-state index contributed by atoms with van der Waals surface area (Å²) >= 11 is 0. The molecule has 0 aromatic heterocycles. The lowest BCUT2D eigenvalue weighted by Gasteiger charge is -2.18. The maximum Gasteiger partial charge on any atom is 0.168 e. The highest BCUT2D eigenvalue weighted by Gasteiger charge is 2.53. The molecule has 0 N–H and O–H groups in total. The van der Waals surface area contributed by atoms with Crippen molar-refractivity contribution in [2.24, 2.45) is 5.11 Å². The van der Waals surface area contributed by atoms with Gasteiger partial charge in [-0.2, -0.15) is 0 Å². The normalized spacial score (nSPS) is 34.4. The van der Waals surface area contributed by atoms with Crippen molar-refractivity contribution in [2.75, 3.05) is 13.7 Å². The minimum atomic E-state index is -0.584. The van der Waals surface area contributed by atoms with Crippen LogP contribution in [0.3, 0.4) is 0 Å². The van der Waals surface area contributed by atoms with Crippen molar-refractivity contribution >= 4 is 0 Å². The van der Waals surface area contributed by atoms with Crippen LogP contribution in [0, 0.1) is 0 Å². The minimum absolute atomic E-state index is 0.188. The van der Waals surface area contributed by atoms with Crippen LogP contribution in [0.2, 0.25) is 0 Å². The smallest absolute Gasteiger partial charge is 0.168 e. The Hall–Kier alpha value is -1.63. The molecule has 1 aromatic carbocycles. The topological polar surface area (TPSA) is 85.7 Å². The van der Waals surface area contributed by atoms with Crippen molar-refractivity contribution in [3.63, 3.8) is 0 Å². The lowest BCUT2D eigenvalue weighted by atomic mass is 10.1. The number of ether oxygens (including phenoxy) is 4. The van der Waals surface area contributed by atoms with Gasteiger partial charge in [0, 0.05) is 12.0 Å². The summed E-state index contributed by atoms with van der Waals surface area (Å²) in [7, 11) is 1.52. The van der Waals surface area contributed by atoms with Crippen molar-refractivity contribution in [3.05, 3.63) is 46.3 Å². The van der Waals surface area contributed by atoms with Crippen LogP contribution < -0.4 is 0 Å². The van der Waals surface area contributed by atoms with Gasteiger partial charge in [-0.1, -0.05) is 35.4 Å². The number of fused-ring (bicyclic) bond motifs is 1. The van der Waals surface area contributed by atoms with Gasteiger partial charge >= 0.3 is 0 Å². The average molecular weight is 291 g/mol. The highest BCUT2D eigenvalue weighted by Crippen LogP contribution is 2.35. The third-order valence-corrected chi connectivity index (χ3v) is 3.77. The van der Waals surface area contributed by atoms with E-state index in [-0.39, 0.29) is 18.3 Å². The molecule has 5 atom stereocenters. The predicted octanol–water partition coefficient (Wildman–Crippen LogP) is 2.02. The molecule has 3 rings (SSSR count). The third-order valence-electron chi connectivity index (χ3n) is 3.77. The first-order chi connectivity index (χ1) is 10.3. The van der Waals surface area contributed by atoms with E-state index < -0.39 is 12.3 Å². The zero-order valence-electron chi connectivity index (χ0n) is 11.7. The van der Waals surface area contributed by atoms with Crippen LogP contribution in [0.15, 0.2) is 35.4 Å². The van der Waals surface area contributed by atoms with E-state index in [9.17, 15) is 0 Å². The second-order valence-electron chi connectivity index (χ2n) is 5.03. The lowest BCUT2D eigenvalue weighted by molar-refractivity contribution is -0.149. The highest BCUT2D eigenvalue weighted by atomic mass is 16.7. The van der Waals surface area contributed by atoms with Gasteiger partial charge in [-0.15, -0.1) is 0 Å². The molecule has 112 valence electrons. The molecule has 0 spiro atoms. The second kappa shape index (κ2) is 6.43. The zero-order valence-corrected chi connectivity index (χ0v) is 11.7. The van der Waals surface area contributed by atoms with E-state index in [1.54, 1.807) is 0 Å². The molecule has 7 heteroatoms. The number of azide groups is 1. The van der Waals surface area contributed by atoms with Gasteiger partial charge in [-0.3, -0.25) is 0 Å². The molecule has 2 aliphatic heterocycles. The Morgan fingerprint density at radius 1 is 1.33 bits per heavy atom. The van der Waals surface area contributed by atoms with Crippen LogP contribution in [0.4, 0.5) is 0 Å². The van der Waals surface area contributed by atoms with Crippen molar-refractivity contribution in [1.82, 2.24) is 0 Å². The monoisotopic (exact) mass is 291 g/mol. The molecule has 2 aliphatic rings. The van der Waals surface area contributed by atoms with Crippen molar-refractivity contribution in [1.29, 1.82) is 0 Å². The van der Waals surface area contributed by atoms with E-state index in [1.165, 1.54) is 7.11 Å². The number of methoxy groups -OCH3 is 1. The molecule has 0 saturated carbocycles. The summed E-state index contributed by atoms with van der Waals surface area (Å²) in [5.41, 5.74) is 9.73. The van der Waals surface area contributed by atoms with Gasteiger partial charge in [0.1, 0.15) is 18.2 Å². The van der Waals surface area contributed by atoms with Gasteiger partial charge in [0.2, 0.25) is 0 Å². The summed E-state index contributed by atoms with van der Waals surface area (Å²) in [4.78, 5) is 2.84. The van der Waals surface area contributed by atoms with E-state index in [2.05, 4.69) is 10.0 Å². The Bertz CT molecular complexity index is 520. The first-order valence-corrected chi connectivity index (χ1v) is 6.83. The first kappa shape index (κ1) is 14.3. The Morgan fingerprint density at radius 2 is 2.14 bits per heavy atom. The third kappa shape index (κ3) is 2.88. The summed E-state index contributed by atoms with van der Waals surface area (Å²) < 4.78 is 22.5. The second-order valence-corrected chi connectivity index (χ2v) is 5.03. The fourth-order valence-corrected chi connectivity index (χ4v) is 2.75.